The molecular formula is C9H14N4. The normalized spacial score (nSPS) is 27.3. The number of hydrogen-bond acceptors (Lipinski definition) is 3. The summed E-state index contributed by atoms with van der Waals surface area (Å²) in [5, 5.41) is 4.50. The van der Waals surface area contributed by atoms with E-state index < -0.39 is 0 Å². The molecule has 70 valence electrons. The van der Waals surface area contributed by atoms with E-state index in [0.717, 1.165) is 31.0 Å². The van der Waals surface area contributed by atoms with Gasteiger partial charge in [0.1, 0.15) is 5.82 Å². The molecular weight excluding hydrogens is 164 g/mol. The first kappa shape index (κ1) is 7.50. The van der Waals surface area contributed by atoms with Gasteiger partial charge in [-0.05, 0) is 19.3 Å². The molecule has 0 saturated heterocycles. The molecule has 1 saturated carbocycles. The van der Waals surface area contributed by atoms with Gasteiger partial charge in [0.25, 0.3) is 0 Å². The second-order valence-electron chi connectivity index (χ2n) is 4.14. The van der Waals surface area contributed by atoms with Crippen LogP contribution in [0.3, 0.4) is 0 Å². The molecule has 4 nitrogen and oxygen atoms in total. The van der Waals surface area contributed by atoms with Gasteiger partial charge in [-0.3, -0.25) is 0 Å². The second kappa shape index (κ2) is 2.54. The lowest BCUT2D eigenvalue weighted by atomic mass is 10.1. The van der Waals surface area contributed by atoms with Crippen LogP contribution in [-0.2, 0) is 13.0 Å². The van der Waals surface area contributed by atoms with Crippen LogP contribution in [0, 0.1) is 0 Å². The van der Waals surface area contributed by atoms with Gasteiger partial charge >= 0.3 is 0 Å². The van der Waals surface area contributed by atoms with Crippen LogP contribution in [0.4, 0.5) is 0 Å². The van der Waals surface area contributed by atoms with Gasteiger partial charge in [0.15, 0.2) is 5.82 Å². The predicted octanol–water partition coefficient (Wildman–Crippen LogP) is 0.429. The topological polar surface area (TPSA) is 56.7 Å². The zero-order valence-corrected chi connectivity index (χ0v) is 7.61. The van der Waals surface area contributed by atoms with Crippen molar-refractivity contribution in [2.24, 2.45) is 5.73 Å². The van der Waals surface area contributed by atoms with E-state index in [1.165, 1.54) is 12.8 Å². The molecule has 1 aliphatic carbocycles. The van der Waals surface area contributed by atoms with Crippen LogP contribution >= 0.6 is 0 Å². The van der Waals surface area contributed by atoms with E-state index in [9.17, 15) is 0 Å². The highest BCUT2D eigenvalue weighted by Crippen LogP contribution is 2.38. The largest absolute Gasteiger partial charge is 0.327 e. The zero-order chi connectivity index (χ0) is 8.84. The first-order valence-electron chi connectivity index (χ1n) is 5.02. The highest BCUT2D eigenvalue weighted by molar-refractivity contribution is 5.07. The summed E-state index contributed by atoms with van der Waals surface area (Å²) in [6.45, 7) is 0.955. The van der Waals surface area contributed by atoms with Crippen molar-refractivity contribution in [1.82, 2.24) is 14.8 Å². The van der Waals surface area contributed by atoms with Crippen LogP contribution < -0.4 is 5.73 Å². The van der Waals surface area contributed by atoms with Gasteiger partial charge in [0.05, 0.1) is 0 Å². The van der Waals surface area contributed by atoms with Crippen LogP contribution in [0.15, 0.2) is 0 Å². The predicted molar refractivity (Wildman–Crippen MR) is 48.3 cm³/mol. The standard InChI is InChI=1S/C9H14N4/c10-7-3-4-13-8(5-7)11-9(12-13)6-1-2-6/h6-7H,1-5,10H2. The smallest absolute Gasteiger partial charge is 0.154 e. The molecule has 1 aromatic rings. The second-order valence-corrected chi connectivity index (χ2v) is 4.14. The Labute approximate surface area is 77.1 Å². The van der Waals surface area contributed by atoms with Crippen molar-refractivity contribution >= 4 is 0 Å². The summed E-state index contributed by atoms with van der Waals surface area (Å²) in [6.07, 6.45) is 4.49. The van der Waals surface area contributed by atoms with E-state index >= 15 is 0 Å². The third-order valence-electron chi connectivity index (χ3n) is 2.86. The summed E-state index contributed by atoms with van der Waals surface area (Å²) in [5.41, 5.74) is 5.87. The van der Waals surface area contributed by atoms with Crippen molar-refractivity contribution in [2.45, 2.75) is 44.2 Å². The third-order valence-corrected chi connectivity index (χ3v) is 2.86. The Morgan fingerprint density at radius 3 is 2.92 bits per heavy atom. The average molecular weight is 178 g/mol. The van der Waals surface area contributed by atoms with Gasteiger partial charge in [0, 0.05) is 24.9 Å². The number of aromatic nitrogens is 3. The molecule has 1 atom stereocenters. The molecule has 3 rings (SSSR count). The molecule has 1 unspecified atom stereocenters. The summed E-state index contributed by atoms with van der Waals surface area (Å²) in [5.74, 6) is 2.82. The molecule has 2 heterocycles. The van der Waals surface area contributed by atoms with E-state index in [2.05, 4.69) is 10.1 Å². The first-order valence-corrected chi connectivity index (χ1v) is 5.02. The molecule has 2 aliphatic rings. The maximum absolute atomic E-state index is 5.87. The Morgan fingerprint density at radius 1 is 1.31 bits per heavy atom. The molecule has 1 fully saturated rings. The lowest BCUT2D eigenvalue weighted by Gasteiger charge is -2.17. The lowest BCUT2D eigenvalue weighted by molar-refractivity contribution is 0.432. The van der Waals surface area contributed by atoms with E-state index in [-0.39, 0.29) is 0 Å². The lowest BCUT2D eigenvalue weighted by Crippen LogP contribution is -2.31. The Hall–Kier alpha value is -0.900. The molecule has 2 N–H and O–H groups in total. The fourth-order valence-corrected chi connectivity index (χ4v) is 1.86. The van der Waals surface area contributed by atoms with E-state index in [0.29, 0.717) is 12.0 Å². The molecule has 1 aromatic heterocycles. The van der Waals surface area contributed by atoms with Crippen LogP contribution in [0.5, 0.6) is 0 Å². The van der Waals surface area contributed by atoms with E-state index in [1.54, 1.807) is 0 Å². The maximum atomic E-state index is 5.87. The number of hydrogen-bond donors (Lipinski definition) is 1. The number of fused-ring (bicyclic) bond motifs is 1. The number of nitrogens with zero attached hydrogens (tertiary/aromatic N) is 3. The van der Waals surface area contributed by atoms with E-state index in [4.69, 9.17) is 5.73 Å². The molecule has 0 aromatic carbocycles. The van der Waals surface area contributed by atoms with Gasteiger partial charge in [-0.15, -0.1) is 0 Å². The first-order chi connectivity index (χ1) is 6.33. The summed E-state index contributed by atoms with van der Waals surface area (Å²) in [4.78, 5) is 4.54. The molecule has 13 heavy (non-hydrogen) atoms. The highest BCUT2D eigenvalue weighted by atomic mass is 15.4. The summed E-state index contributed by atoms with van der Waals surface area (Å²) < 4.78 is 2.04. The van der Waals surface area contributed by atoms with Crippen molar-refractivity contribution in [3.8, 4) is 0 Å². The molecule has 0 spiro atoms. The van der Waals surface area contributed by atoms with E-state index in [1.807, 2.05) is 4.68 Å². The molecule has 0 radical (unpaired) electrons. The van der Waals surface area contributed by atoms with Gasteiger partial charge in [-0.2, -0.15) is 5.10 Å². The number of rotatable bonds is 1. The average Bonchev–Trinajstić information content (AvgIpc) is 2.87. The summed E-state index contributed by atoms with van der Waals surface area (Å²) in [7, 11) is 0. The molecule has 0 amide bonds. The van der Waals surface area contributed by atoms with Crippen molar-refractivity contribution in [1.29, 1.82) is 0 Å². The Balaban J connectivity index is 1.93. The van der Waals surface area contributed by atoms with Crippen LogP contribution in [0.1, 0.15) is 36.8 Å². The summed E-state index contributed by atoms with van der Waals surface area (Å²) >= 11 is 0. The Morgan fingerprint density at radius 2 is 2.15 bits per heavy atom. The van der Waals surface area contributed by atoms with Crippen molar-refractivity contribution in [2.75, 3.05) is 0 Å². The number of aryl methyl sites for hydroxylation is 1. The minimum absolute atomic E-state index is 0.295. The fraction of sp³-hybridized carbons (Fsp3) is 0.778. The zero-order valence-electron chi connectivity index (χ0n) is 7.61. The SMILES string of the molecule is NC1CCn2nc(C3CC3)nc2C1. The van der Waals surface area contributed by atoms with Crippen LogP contribution in [-0.4, -0.2) is 20.8 Å². The van der Waals surface area contributed by atoms with Gasteiger partial charge in [-0.1, -0.05) is 0 Å². The minimum atomic E-state index is 0.295. The van der Waals surface area contributed by atoms with Gasteiger partial charge < -0.3 is 5.73 Å². The van der Waals surface area contributed by atoms with Crippen molar-refractivity contribution in [3.05, 3.63) is 11.6 Å². The van der Waals surface area contributed by atoms with Crippen molar-refractivity contribution in [3.63, 3.8) is 0 Å². The van der Waals surface area contributed by atoms with Gasteiger partial charge in [0.2, 0.25) is 0 Å². The Bertz CT molecular complexity index is 326. The quantitative estimate of drug-likeness (QED) is 0.678. The van der Waals surface area contributed by atoms with Crippen LogP contribution in [0.25, 0.3) is 0 Å². The van der Waals surface area contributed by atoms with Crippen LogP contribution in [0.2, 0.25) is 0 Å². The molecule has 4 heteroatoms. The number of nitrogens with two attached hydrogens (primary N) is 1. The molecule has 0 bridgehead atoms. The maximum Gasteiger partial charge on any atom is 0.154 e. The van der Waals surface area contributed by atoms with Gasteiger partial charge in [-0.25, -0.2) is 9.67 Å². The third kappa shape index (κ3) is 1.25. The highest BCUT2D eigenvalue weighted by Gasteiger charge is 2.30. The minimum Gasteiger partial charge on any atom is -0.327 e. The Kier molecular flexibility index (Phi) is 1.47. The summed E-state index contributed by atoms with van der Waals surface area (Å²) in [6, 6.07) is 0.295. The fourth-order valence-electron chi connectivity index (χ4n) is 1.86. The van der Waals surface area contributed by atoms with Crippen molar-refractivity contribution < 1.29 is 0 Å². The monoisotopic (exact) mass is 178 g/mol. The molecule has 1 aliphatic heterocycles.